The highest BCUT2D eigenvalue weighted by molar-refractivity contribution is 7.47. The van der Waals surface area contributed by atoms with Crippen LogP contribution in [-0.2, 0) is 27.9 Å². The topological polar surface area (TPSA) is 117 Å². The monoisotopic (exact) mass is 890 g/mol. The molecule has 2 atom stereocenters. The number of allylic oxidation sites excluding steroid dienone is 12. The van der Waals surface area contributed by atoms with Gasteiger partial charge in [0.15, 0.2) is 0 Å². The Morgan fingerprint density at radius 1 is 0.500 bits per heavy atom. The first-order chi connectivity index (χ1) is 30.4. The molecule has 2 unspecified atom stereocenters. The average molecular weight is 890 g/mol. The van der Waals surface area contributed by atoms with Crippen molar-refractivity contribution in [1.29, 1.82) is 0 Å². The number of unbranched alkanes of at least 4 members (excludes halogenated alkanes) is 23. The standard InChI is InChI=1S/C53H96NO7P/c1-3-5-7-9-11-13-15-17-19-21-23-24-25-26-27-29-31-33-35-37-39-41-43-45-48-58-50-52(51-60-62(56,57)59-49-47-54)61-53(55)46-44-42-40-38-36-34-32-30-28-22-20-18-16-14-12-10-8-6-4-2/h6,8,12,14-15,17-18,20-21,23,28,30,52H,3-5,7,9-11,13,16,19,22,24-27,29,31-51,54H2,1-2H3,(H,56,57)/b8-6-,14-12-,17-15-,20-18-,23-21-,30-28-. The van der Waals surface area contributed by atoms with Crippen molar-refractivity contribution in [2.75, 3.05) is 33.0 Å². The summed E-state index contributed by atoms with van der Waals surface area (Å²) < 4.78 is 33.6. The summed E-state index contributed by atoms with van der Waals surface area (Å²) in [6.45, 7) is 4.79. The van der Waals surface area contributed by atoms with Crippen LogP contribution in [0.4, 0.5) is 0 Å². The van der Waals surface area contributed by atoms with Crippen molar-refractivity contribution in [3.8, 4) is 0 Å². The molecule has 62 heavy (non-hydrogen) atoms. The molecule has 0 radical (unpaired) electrons. The van der Waals surface area contributed by atoms with Crippen LogP contribution in [0.2, 0.25) is 0 Å². The second kappa shape index (κ2) is 49.9. The molecule has 0 rings (SSSR count). The normalized spacial score (nSPS) is 13.9. The van der Waals surface area contributed by atoms with Gasteiger partial charge in [0.05, 0.1) is 19.8 Å². The van der Waals surface area contributed by atoms with E-state index < -0.39 is 13.9 Å². The van der Waals surface area contributed by atoms with E-state index in [4.69, 9.17) is 24.3 Å². The van der Waals surface area contributed by atoms with Gasteiger partial charge in [-0.1, -0.05) is 202 Å². The molecule has 0 aromatic heterocycles. The van der Waals surface area contributed by atoms with Crippen molar-refractivity contribution in [3.63, 3.8) is 0 Å². The number of esters is 1. The number of phosphoric acid groups is 1. The summed E-state index contributed by atoms with van der Waals surface area (Å²) in [5.41, 5.74) is 5.39. The number of ether oxygens (including phenoxy) is 2. The van der Waals surface area contributed by atoms with Crippen LogP contribution < -0.4 is 5.73 Å². The van der Waals surface area contributed by atoms with Gasteiger partial charge in [0.1, 0.15) is 6.10 Å². The molecule has 9 heteroatoms. The van der Waals surface area contributed by atoms with E-state index in [1.807, 2.05) is 0 Å². The lowest BCUT2D eigenvalue weighted by Gasteiger charge is -2.20. The Morgan fingerprint density at radius 2 is 0.903 bits per heavy atom. The Balaban J connectivity index is 3.97. The minimum absolute atomic E-state index is 0.0945. The van der Waals surface area contributed by atoms with Crippen LogP contribution in [0.25, 0.3) is 0 Å². The van der Waals surface area contributed by atoms with E-state index in [0.29, 0.717) is 13.0 Å². The number of hydrogen-bond acceptors (Lipinski definition) is 7. The lowest BCUT2D eigenvalue weighted by molar-refractivity contribution is -0.154. The Bertz CT molecular complexity index is 1180. The summed E-state index contributed by atoms with van der Waals surface area (Å²) in [4.78, 5) is 22.6. The number of phosphoric ester groups is 1. The van der Waals surface area contributed by atoms with Crippen LogP contribution in [-0.4, -0.2) is 49.9 Å². The van der Waals surface area contributed by atoms with Crippen LogP contribution >= 0.6 is 7.82 Å². The van der Waals surface area contributed by atoms with Gasteiger partial charge >= 0.3 is 13.8 Å². The van der Waals surface area contributed by atoms with Gasteiger partial charge in [-0.25, -0.2) is 4.57 Å². The van der Waals surface area contributed by atoms with Gasteiger partial charge in [-0.05, 0) is 83.5 Å². The maximum atomic E-state index is 12.6. The highest BCUT2D eigenvalue weighted by atomic mass is 31.2. The lowest BCUT2D eigenvalue weighted by Crippen LogP contribution is -2.28. The van der Waals surface area contributed by atoms with Crippen LogP contribution in [0.3, 0.4) is 0 Å². The highest BCUT2D eigenvalue weighted by Gasteiger charge is 2.25. The van der Waals surface area contributed by atoms with Crippen molar-refractivity contribution < 1.29 is 32.8 Å². The van der Waals surface area contributed by atoms with Crippen molar-refractivity contribution >= 4 is 13.8 Å². The molecule has 0 bridgehead atoms. The first kappa shape index (κ1) is 59.9. The van der Waals surface area contributed by atoms with Crippen LogP contribution in [0.5, 0.6) is 0 Å². The minimum Gasteiger partial charge on any atom is -0.457 e. The third-order valence-corrected chi connectivity index (χ3v) is 11.6. The molecule has 0 aromatic rings. The molecule has 0 heterocycles. The Labute approximate surface area is 382 Å². The summed E-state index contributed by atoms with van der Waals surface area (Å²) in [6, 6.07) is 0. The molecule has 0 aromatic carbocycles. The average Bonchev–Trinajstić information content (AvgIpc) is 3.26. The van der Waals surface area contributed by atoms with E-state index in [1.54, 1.807) is 0 Å². The van der Waals surface area contributed by atoms with Gasteiger partial charge in [0.2, 0.25) is 0 Å². The van der Waals surface area contributed by atoms with Gasteiger partial charge in [-0.2, -0.15) is 0 Å². The van der Waals surface area contributed by atoms with E-state index >= 15 is 0 Å². The zero-order valence-corrected chi connectivity index (χ0v) is 41.0. The Hall–Kier alpha value is -2.06. The molecular weight excluding hydrogens is 794 g/mol. The maximum absolute atomic E-state index is 12.6. The van der Waals surface area contributed by atoms with Crippen molar-refractivity contribution in [2.45, 2.75) is 225 Å². The van der Waals surface area contributed by atoms with Crippen LogP contribution in [0.15, 0.2) is 72.9 Å². The predicted molar refractivity (Wildman–Crippen MR) is 265 cm³/mol. The van der Waals surface area contributed by atoms with Gasteiger partial charge < -0.3 is 20.1 Å². The molecule has 0 saturated carbocycles. The maximum Gasteiger partial charge on any atom is 0.472 e. The summed E-state index contributed by atoms with van der Waals surface area (Å²) in [7, 11) is -4.29. The number of hydrogen-bond donors (Lipinski definition) is 2. The van der Waals surface area contributed by atoms with Gasteiger partial charge in [-0.15, -0.1) is 0 Å². The third-order valence-electron chi connectivity index (χ3n) is 10.6. The van der Waals surface area contributed by atoms with E-state index in [2.05, 4.69) is 86.8 Å². The van der Waals surface area contributed by atoms with E-state index in [9.17, 15) is 14.3 Å². The second-order valence-electron chi connectivity index (χ2n) is 16.6. The molecule has 3 N–H and O–H groups in total. The molecule has 8 nitrogen and oxygen atoms in total. The van der Waals surface area contributed by atoms with E-state index in [1.165, 1.54) is 122 Å². The largest absolute Gasteiger partial charge is 0.472 e. The third kappa shape index (κ3) is 49.0. The lowest BCUT2D eigenvalue weighted by atomic mass is 10.0. The first-order valence-electron chi connectivity index (χ1n) is 25.4. The molecule has 0 aliphatic rings. The van der Waals surface area contributed by atoms with Crippen molar-refractivity contribution in [3.05, 3.63) is 72.9 Å². The van der Waals surface area contributed by atoms with E-state index in [-0.39, 0.29) is 32.3 Å². The number of rotatable bonds is 48. The molecule has 0 spiro atoms. The molecule has 360 valence electrons. The zero-order chi connectivity index (χ0) is 45.1. The highest BCUT2D eigenvalue weighted by Crippen LogP contribution is 2.43. The molecule has 0 fully saturated rings. The molecule has 0 amide bonds. The number of nitrogens with two attached hydrogens (primary N) is 1. The van der Waals surface area contributed by atoms with Gasteiger partial charge in [-0.3, -0.25) is 13.8 Å². The van der Waals surface area contributed by atoms with Gasteiger partial charge in [0, 0.05) is 19.6 Å². The van der Waals surface area contributed by atoms with Gasteiger partial charge in [0.25, 0.3) is 0 Å². The molecule has 0 saturated heterocycles. The predicted octanol–water partition coefficient (Wildman–Crippen LogP) is 15.9. The number of carbonyl (C=O) groups is 1. The summed E-state index contributed by atoms with van der Waals surface area (Å²) in [5.74, 6) is -0.345. The van der Waals surface area contributed by atoms with Crippen LogP contribution in [0.1, 0.15) is 219 Å². The summed E-state index contributed by atoms with van der Waals surface area (Å²) >= 11 is 0. The fourth-order valence-corrected chi connectivity index (χ4v) is 7.67. The summed E-state index contributed by atoms with van der Waals surface area (Å²) in [5, 5.41) is 0. The fraction of sp³-hybridized carbons (Fsp3) is 0.755. The zero-order valence-electron chi connectivity index (χ0n) is 40.1. The Morgan fingerprint density at radius 3 is 1.35 bits per heavy atom. The van der Waals surface area contributed by atoms with Crippen LogP contribution in [0, 0.1) is 0 Å². The quantitative estimate of drug-likeness (QED) is 0.0268. The SMILES string of the molecule is CC/C=C\C/C=C\C/C=C\C/C=C\CCCCCCCCC(=O)OC(COCCCCCCCCCCCCCC/C=C\C/C=C\CCCCCCC)COP(=O)(O)OCCN. The van der Waals surface area contributed by atoms with Crippen molar-refractivity contribution in [2.24, 2.45) is 5.73 Å². The second-order valence-corrected chi connectivity index (χ2v) is 18.1. The minimum atomic E-state index is -4.29. The van der Waals surface area contributed by atoms with E-state index in [0.717, 1.165) is 77.0 Å². The first-order valence-corrected chi connectivity index (χ1v) is 26.9. The van der Waals surface area contributed by atoms with Crippen molar-refractivity contribution in [1.82, 2.24) is 0 Å². The smallest absolute Gasteiger partial charge is 0.457 e. The number of carbonyl (C=O) groups excluding carboxylic acids is 1. The summed E-state index contributed by atoms with van der Waals surface area (Å²) in [6.07, 6.45) is 63.6. The molecular formula is C53H96NO7P. The molecule has 0 aliphatic carbocycles. The molecule has 0 aliphatic heterocycles. The fourth-order valence-electron chi connectivity index (χ4n) is 6.90. The Kier molecular flexibility index (Phi) is 48.3.